The summed E-state index contributed by atoms with van der Waals surface area (Å²) in [6.07, 6.45) is 2.01. The highest BCUT2D eigenvalue weighted by Gasteiger charge is 2.23. The highest BCUT2D eigenvalue weighted by molar-refractivity contribution is 6.18. The largest absolute Gasteiger partial charge is 0.456 e. The molecule has 31 heavy (non-hydrogen) atoms. The van der Waals surface area contributed by atoms with E-state index in [9.17, 15) is 0 Å². The Labute approximate surface area is 180 Å². The number of nitrogens with zero attached hydrogens (tertiary/aromatic N) is 3. The minimum absolute atomic E-state index is 0.546. The Hall–Kier alpha value is -4.41. The number of hydrogen-bond acceptors (Lipinski definition) is 1. The van der Waals surface area contributed by atoms with Crippen LogP contribution in [0.15, 0.2) is 77.3 Å². The molecule has 0 N–H and O–H groups in total. The molecular formula is C27H18N3O+. The number of aryl methyl sites for hydroxylation is 2. The van der Waals surface area contributed by atoms with Crippen molar-refractivity contribution in [3.63, 3.8) is 0 Å². The number of furan rings is 1. The second-order valence-corrected chi connectivity index (χ2v) is 7.51. The van der Waals surface area contributed by atoms with Crippen LogP contribution in [0.4, 0.5) is 11.4 Å². The monoisotopic (exact) mass is 400 g/mol. The van der Waals surface area contributed by atoms with Gasteiger partial charge in [0.2, 0.25) is 5.69 Å². The van der Waals surface area contributed by atoms with E-state index in [4.69, 9.17) is 17.6 Å². The molecule has 0 amide bonds. The van der Waals surface area contributed by atoms with Crippen LogP contribution in [0.25, 0.3) is 54.0 Å². The van der Waals surface area contributed by atoms with Crippen molar-refractivity contribution in [1.29, 1.82) is 0 Å². The fourth-order valence-electron chi connectivity index (χ4n) is 4.23. The Balaban J connectivity index is 1.96. The SMILES string of the molecule is [C-]#[N+]c1ccccc1-c1ccc([N+]#[C-])c2c1oc1c(-c3cccc[n+]3C)c(C)ccc12. The first kappa shape index (κ1) is 18.6. The number of rotatable bonds is 2. The number of fused-ring (bicyclic) bond motifs is 3. The van der Waals surface area contributed by atoms with Crippen LogP contribution < -0.4 is 4.57 Å². The molecular weight excluding hydrogens is 382 g/mol. The van der Waals surface area contributed by atoms with Crippen molar-refractivity contribution in [2.24, 2.45) is 7.05 Å². The predicted octanol–water partition coefficient (Wildman–Crippen LogP) is 7.15. The molecule has 4 nitrogen and oxygen atoms in total. The van der Waals surface area contributed by atoms with Gasteiger partial charge in [-0.25, -0.2) is 14.3 Å². The average Bonchev–Trinajstić information content (AvgIpc) is 3.19. The molecule has 0 aliphatic rings. The van der Waals surface area contributed by atoms with Gasteiger partial charge in [-0.1, -0.05) is 48.5 Å². The summed E-state index contributed by atoms with van der Waals surface area (Å²) in [5.41, 5.74) is 7.29. The van der Waals surface area contributed by atoms with Crippen molar-refractivity contribution in [3.05, 3.63) is 101 Å². The van der Waals surface area contributed by atoms with E-state index in [2.05, 4.69) is 33.3 Å². The summed E-state index contributed by atoms with van der Waals surface area (Å²) < 4.78 is 8.61. The van der Waals surface area contributed by atoms with E-state index >= 15 is 0 Å². The van der Waals surface area contributed by atoms with E-state index in [0.29, 0.717) is 17.0 Å². The van der Waals surface area contributed by atoms with Gasteiger partial charge >= 0.3 is 0 Å². The van der Waals surface area contributed by atoms with Gasteiger partial charge < -0.3 is 4.42 Å². The normalized spacial score (nSPS) is 10.8. The highest BCUT2D eigenvalue weighted by atomic mass is 16.3. The zero-order valence-electron chi connectivity index (χ0n) is 17.2. The summed E-state index contributed by atoms with van der Waals surface area (Å²) in [7, 11) is 2.01. The fourth-order valence-corrected chi connectivity index (χ4v) is 4.23. The van der Waals surface area contributed by atoms with Crippen LogP contribution in [0.3, 0.4) is 0 Å². The van der Waals surface area contributed by atoms with Gasteiger partial charge in [-0.05, 0) is 24.1 Å². The number of pyridine rings is 1. The summed E-state index contributed by atoms with van der Waals surface area (Å²) in [4.78, 5) is 7.45. The highest BCUT2D eigenvalue weighted by Crippen LogP contribution is 2.45. The van der Waals surface area contributed by atoms with Crippen molar-refractivity contribution < 1.29 is 8.98 Å². The van der Waals surface area contributed by atoms with E-state index in [1.165, 1.54) is 0 Å². The molecule has 0 fully saturated rings. The van der Waals surface area contributed by atoms with Gasteiger partial charge in [0.05, 0.1) is 18.7 Å². The minimum atomic E-state index is 0.546. The van der Waals surface area contributed by atoms with Gasteiger partial charge in [0, 0.05) is 28.5 Å². The molecule has 3 aromatic carbocycles. The number of hydrogen-bond donors (Lipinski definition) is 0. The first-order valence-corrected chi connectivity index (χ1v) is 9.92. The van der Waals surface area contributed by atoms with E-state index in [0.717, 1.165) is 44.3 Å². The molecule has 2 heterocycles. The lowest BCUT2D eigenvalue weighted by atomic mass is 9.97. The molecule has 0 atom stereocenters. The molecule has 4 heteroatoms. The Morgan fingerprint density at radius 1 is 0.774 bits per heavy atom. The maximum Gasteiger partial charge on any atom is 0.216 e. The van der Waals surface area contributed by atoms with Crippen molar-refractivity contribution in [2.45, 2.75) is 6.92 Å². The van der Waals surface area contributed by atoms with Gasteiger partial charge in [-0.3, -0.25) is 0 Å². The molecule has 0 bridgehead atoms. The maximum atomic E-state index is 7.72. The molecule has 0 radical (unpaired) electrons. The van der Waals surface area contributed by atoms with Gasteiger partial charge in [0.15, 0.2) is 17.6 Å². The lowest BCUT2D eigenvalue weighted by molar-refractivity contribution is -0.660. The van der Waals surface area contributed by atoms with Gasteiger partial charge in [-0.2, -0.15) is 0 Å². The van der Waals surface area contributed by atoms with E-state index < -0.39 is 0 Å². The van der Waals surface area contributed by atoms with Crippen molar-refractivity contribution in [3.8, 4) is 22.4 Å². The molecule has 2 aromatic heterocycles. The number of aromatic nitrogens is 1. The molecule has 0 unspecified atom stereocenters. The Morgan fingerprint density at radius 3 is 2.32 bits per heavy atom. The molecule has 0 spiro atoms. The Bertz CT molecular complexity index is 1580. The standard InChI is InChI=1S/C27H18N3O/c1-17-12-13-20-25-22(29-3)15-14-19(18-9-5-6-10-21(18)28-2)26(25)31-27(20)24(17)23-11-7-8-16-30(23)4/h5-16H,1,4H3/q+1. The Morgan fingerprint density at radius 2 is 1.55 bits per heavy atom. The van der Waals surface area contributed by atoms with Gasteiger partial charge in [0.1, 0.15) is 18.2 Å². The summed E-state index contributed by atoms with van der Waals surface area (Å²) in [5, 5.41) is 1.70. The number of benzene rings is 3. The van der Waals surface area contributed by atoms with Crippen LogP contribution in [0, 0.1) is 20.1 Å². The second-order valence-electron chi connectivity index (χ2n) is 7.51. The lowest BCUT2D eigenvalue weighted by Gasteiger charge is -2.06. The van der Waals surface area contributed by atoms with Gasteiger partial charge in [-0.15, -0.1) is 0 Å². The third kappa shape index (κ3) is 2.78. The summed E-state index contributed by atoms with van der Waals surface area (Å²) in [5.74, 6) is 0. The van der Waals surface area contributed by atoms with E-state index in [1.54, 1.807) is 6.07 Å². The third-order valence-corrected chi connectivity index (χ3v) is 5.72. The summed E-state index contributed by atoms with van der Waals surface area (Å²) >= 11 is 0. The first-order valence-electron chi connectivity index (χ1n) is 9.92. The lowest BCUT2D eigenvalue weighted by Crippen LogP contribution is -2.30. The van der Waals surface area contributed by atoms with Crippen LogP contribution in [-0.2, 0) is 7.05 Å². The molecule has 146 valence electrons. The number of para-hydroxylation sites is 1. The quantitative estimate of drug-likeness (QED) is 0.228. The second kappa shape index (κ2) is 7.13. The topological polar surface area (TPSA) is 25.7 Å². The zero-order chi connectivity index (χ0) is 21.5. The van der Waals surface area contributed by atoms with Crippen LogP contribution in [-0.4, -0.2) is 0 Å². The summed E-state index contributed by atoms with van der Waals surface area (Å²) in [6, 6.07) is 21.4. The van der Waals surface area contributed by atoms with Crippen molar-refractivity contribution in [2.75, 3.05) is 0 Å². The molecule has 5 aromatic rings. The van der Waals surface area contributed by atoms with Gasteiger partial charge in [0.25, 0.3) is 0 Å². The molecule has 0 saturated heterocycles. The van der Waals surface area contributed by atoms with Crippen LogP contribution in [0.2, 0.25) is 0 Å². The minimum Gasteiger partial charge on any atom is -0.456 e. The van der Waals surface area contributed by atoms with Crippen LogP contribution in [0.5, 0.6) is 0 Å². The van der Waals surface area contributed by atoms with E-state index in [1.807, 2.05) is 61.8 Å². The first-order chi connectivity index (χ1) is 15.1. The predicted molar refractivity (Wildman–Crippen MR) is 123 cm³/mol. The third-order valence-electron chi connectivity index (χ3n) is 5.72. The molecule has 0 aliphatic carbocycles. The zero-order valence-corrected chi connectivity index (χ0v) is 17.2. The molecule has 0 aliphatic heterocycles. The van der Waals surface area contributed by atoms with E-state index in [-0.39, 0.29) is 0 Å². The summed E-state index contributed by atoms with van der Waals surface area (Å²) in [6.45, 7) is 17.4. The molecule has 5 rings (SSSR count). The van der Waals surface area contributed by atoms with Crippen LogP contribution in [0.1, 0.15) is 5.56 Å². The molecule has 0 saturated carbocycles. The van der Waals surface area contributed by atoms with Crippen molar-refractivity contribution >= 4 is 33.3 Å². The smallest absolute Gasteiger partial charge is 0.216 e. The van der Waals surface area contributed by atoms with Crippen LogP contribution >= 0.6 is 0 Å². The average molecular weight is 400 g/mol. The maximum absolute atomic E-state index is 7.72. The van der Waals surface area contributed by atoms with Crippen molar-refractivity contribution in [1.82, 2.24) is 0 Å². The fraction of sp³-hybridized carbons (Fsp3) is 0.0741. The Kier molecular flexibility index (Phi) is 4.28.